The van der Waals surface area contributed by atoms with Gasteiger partial charge in [-0.2, -0.15) is 4.98 Å². The van der Waals surface area contributed by atoms with Gasteiger partial charge in [-0.25, -0.2) is 4.98 Å². The lowest BCUT2D eigenvalue weighted by Crippen LogP contribution is -2.02. The van der Waals surface area contributed by atoms with Gasteiger partial charge >= 0.3 is 0 Å². The second kappa shape index (κ2) is 5.24. The quantitative estimate of drug-likeness (QED) is 0.750. The van der Waals surface area contributed by atoms with E-state index >= 15 is 0 Å². The standard InChI is InChI=1S/C19H18N4O2/c20-18-16-13(22-19(21)23-18)9-15(24-11-4-2-1-3-5-11)12-8-14(10-6-7-10)25-17(12)16/h1-2,4,8-10H,3,5-7H2,(H4,20,21,22,23). The summed E-state index contributed by atoms with van der Waals surface area (Å²) < 4.78 is 12.3. The van der Waals surface area contributed by atoms with Crippen molar-refractivity contribution in [3.63, 3.8) is 0 Å². The number of hydrogen-bond donors (Lipinski definition) is 2. The van der Waals surface area contributed by atoms with Crippen molar-refractivity contribution in [3.8, 4) is 5.75 Å². The van der Waals surface area contributed by atoms with Crippen molar-refractivity contribution in [3.05, 3.63) is 41.9 Å². The minimum Gasteiger partial charge on any atom is -0.461 e. The van der Waals surface area contributed by atoms with Crippen LogP contribution in [0.2, 0.25) is 0 Å². The fourth-order valence-electron chi connectivity index (χ4n) is 3.29. The summed E-state index contributed by atoms with van der Waals surface area (Å²) in [6.45, 7) is 0. The first-order valence-corrected chi connectivity index (χ1v) is 8.52. The van der Waals surface area contributed by atoms with Crippen LogP contribution in [0.5, 0.6) is 5.75 Å². The second-order valence-corrected chi connectivity index (χ2v) is 6.60. The SMILES string of the molecule is Nc1nc(N)c2c(cc(OC3=CC=CCC3)c3cc(C4CC4)oc32)n1. The van der Waals surface area contributed by atoms with Gasteiger partial charge < -0.3 is 20.6 Å². The van der Waals surface area contributed by atoms with Gasteiger partial charge in [-0.05, 0) is 31.4 Å². The number of ether oxygens (including phenoxy) is 1. The summed E-state index contributed by atoms with van der Waals surface area (Å²) in [6, 6.07) is 3.94. The van der Waals surface area contributed by atoms with Crippen LogP contribution in [0.4, 0.5) is 11.8 Å². The number of nitrogens with zero attached hydrogens (tertiary/aromatic N) is 2. The highest BCUT2D eigenvalue weighted by Crippen LogP contribution is 2.46. The Morgan fingerprint density at radius 2 is 2.04 bits per heavy atom. The molecule has 1 fully saturated rings. The van der Waals surface area contributed by atoms with Gasteiger partial charge in [0.1, 0.15) is 23.1 Å². The van der Waals surface area contributed by atoms with Gasteiger partial charge in [0.05, 0.1) is 16.3 Å². The van der Waals surface area contributed by atoms with Crippen LogP contribution in [0.15, 0.2) is 40.5 Å². The van der Waals surface area contributed by atoms with Crippen LogP contribution < -0.4 is 16.2 Å². The van der Waals surface area contributed by atoms with Crippen LogP contribution in [0.1, 0.15) is 37.4 Å². The predicted molar refractivity (Wildman–Crippen MR) is 97.2 cm³/mol. The van der Waals surface area contributed by atoms with Gasteiger partial charge in [-0.15, -0.1) is 0 Å². The molecule has 2 aliphatic rings. The van der Waals surface area contributed by atoms with Gasteiger partial charge in [0.15, 0.2) is 5.58 Å². The van der Waals surface area contributed by atoms with Crippen molar-refractivity contribution in [2.24, 2.45) is 0 Å². The monoisotopic (exact) mass is 334 g/mol. The zero-order chi connectivity index (χ0) is 17.0. The molecule has 5 rings (SSSR count). The number of anilines is 2. The van der Waals surface area contributed by atoms with Gasteiger partial charge in [0, 0.05) is 18.4 Å². The Bertz CT molecular complexity index is 1060. The van der Waals surface area contributed by atoms with Crippen molar-refractivity contribution in [2.45, 2.75) is 31.6 Å². The van der Waals surface area contributed by atoms with Crippen molar-refractivity contribution in [2.75, 3.05) is 11.5 Å². The molecule has 3 aromatic rings. The first-order chi connectivity index (χ1) is 12.2. The Kier molecular flexibility index (Phi) is 3.00. The number of aromatic nitrogens is 2. The molecule has 0 radical (unpaired) electrons. The summed E-state index contributed by atoms with van der Waals surface area (Å²) in [5.74, 6) is 3.58. The molecule has 2 aliphatic carbocycles. The third kappa shape index (κ3) is 2.41. The Balaban J connectivity index is 1.76. The molecular formula is C19H18N4O2. The average Bonchev–Trinajstić information content (AvgIpc) is 3.34. The summed E-state index contributed by atoms with van der Waals surface area (Å²) in [7, 11) is 0. The van der Waals surface area contributed by atoms with Gasteiger partial charge in [-0.1, -0.05) is 12.2 Å². The predicted octanol–water partition coefficient (Wildman–Crippen LogP) is 4.03. The molecule has 0 bridgehead atoms. The first-order valence-electron chi connectivity index (χ1n) is 8.52. The largest absolute Gasteiger partial charge is 0.461 e. The summed E-state index contributed by atoms with van der Waals surface area (Å²) in [6.07, 6.45) is 10.3. The number of benzene rings is 1. The molecule has 25 heavy (non-hydrogen) atoms. The number of nitrogen functional groups attached to an aromatic ring is 2. The first kappa shape index (κ1) is 14.3. The van der Waals surface area contributed by atoms with E-state index in [0.29, 0.717) is 28.2 Å². The molecule has 6 heteroatoms. The Morgan fingerprint density at radius 3 is 2.80 bits per heavy atom. The van der Waals surface area contributed by atoms with E-state index in [1.165, 1.54) is 0 Å². The molecular weight excluding hydrogens is 316 g/mol. The number of furan rings is 1. The fraction of sp³-hybridized carbons (Fsp3) is 0.263. The molecule has 0 saturated heterocycles. The zero-order valence-electron chi connectivity index (χ0n) is 13.7. The molecule has 126 valence electrons. The molecule has 4 N–H and O–H groups in total. The lowest BCUT2D eigenvalue weighted by Gasteiger charge is -2.13. The lowest BCUT2D eigenvalue weighted by atomic mass is 10.1. The maximum Gasteiger partial charge on any atom is 0.222 e. The minimum atomic E-state index is 0.143. The van der Waals surface area contributed by atoms with Gasteiger partial charge in [-0.3, -0.25) is 0 Å². The third-order valence-electron chi connectivity index (χ3n) is 4.69. The van der Waals surface area contributed by atoms with Crippen molar-refractivity contribution >= 4 is 33.6 Å². The van der Waals surface area contributed by atoms with E-state index in [1.807, 2.05) is 18.2 Å². The maximum atomic E-state index is 6.18. The van der Waals surface area contributed by atoms with E-state index in [9.17, 15) is 0 Å². The number of allylic oxidation sites excluding steroid dienone is 4. The number of rotatable bonds is 3. The average molecular weight is 334 g/mol. The molecule has 2 heterocycles. The van der Waals surface area contributed by atoms with E-state index < -0.39 is 0 Å². The highest BCUT2D eigenvalue weighted by atomic mass is 16.5. The van der Waals surface area contributed by atoms with Crippen molar-refractivity contribution < 1.29 is 9.15 Å². The fourth-order valence-corrected chi connectivity index (χ4v) is 3.29. The Hall–Kier alpha value is -3.02. The van der Waals surface area contributed by atoms with Crippen LogP contribution in [0.3, 0.4) is 0 Å². The number of hydrogen-bond acceptors (Lipinski definition) is 6. The smallest absolute Gasteiger partial charge is 0.222 e. The van der Waals surface area contributed by atoms with Crippen molar-refractivity contribution in [1.29, 1.82) is 0 Å². The van der Waals surface area contributed by atoms with Crippen LogP contribution in [-0.4, -0.2) is 9.97 Å². The molecule has 2 aromatic heterocycles. The van der Waals surface area contributed by atoms with Crippen LogP contribution in [0, 0.1) is 0 Å². The Labute approximate surface area is 144 Å². The highest BCUT2D eigenvalue weighted by molar-refractivity contribution is 6.11. The third-order valence-corrected chi connectivity index (χ3v) is 4.69. The van der Waals surface area contributed by atoms with Crippen LogP contribution in [-0.2, 0) is 0 Å². The second-order valence-electron chi connectivity index (χ2n) is 6.60. The molecule has 6 nitrogen and oxygen atoms in total. The van der Waals surface area contributed by atoms with E-state index in [2.05, 4.69) is 22.1 Å². The molecule has 0 spiro atoms. The molecule has 0 unspecified atom stereocenters. The molecule has 0 aliphatic heterocycles. The molecule has 1 aromatic carbocycles. The number of fused-ring (bicyclic) bond motifs is 3. The molecule has 1 saturated carbocycles. The summed E-state index contributed by atoms with van der Waals surface area (Å²) in [5, 5.41) is 1.60. The topological polar surface area (TPSA) is 100 Å². The minimum absolute atomic E-state index is 0.143. The van der Waals surface area contributed by atoms with E-state index in [-0.39, 0.29) is 5.95 Å². The van der Waals surface area contributed by atoms with Crippen LogP contribution in [0.25, 0.3) is 21.9 Å². The lowest BCUT2D eigenvalue weighted by molar-refractivity contribution is 0.407. The van der Waals surface area contributed by atoms with E-state index in [1.54, 1.807) is 0 Å². The van der Waals surface area contributed by atoms with Crippen LogP contribution >= 0.6 is 0 Å². The number of nitrogens with two attached hydrogens (primary N) is 2. The van der Waals surface area contributed by atoms with E-state index in [4.69, 9.17) is 20.6 Å². The summed E-state index contributed by atoms with van der Waals surface area (Å²) in [5.41, 5.74) is 13.2. The normalized spacial score (nSPS) is 17.2. The Morgan fingerprint density at radius 1 is 1.16 bits per heavy atom. The van der Waals surface area contributed by atoms with Gasteiger partial charge in [0.2, 0.25) is 5.95 Å². The summed E-state index contributed by atoms with van der Waals surface area (Å²) in [4.78, 5) is 8.41. The molecule has 0 atom stereocenters. The van der Waals surface area contributed by atoms with Gasteiger partial charge in [0.25, 0.3) is 0 Å². The zero-order valence-corrected chi connectivity index (χ0v) is 13.7. The maximum absolute atomic E-state index is 6.18. The van der Waals surface area contributed by atoms with E-state index in [0.717, 1.165) is 48.3 Å². The van der Waals surface area contributed by atoms with Crippen molar-refractivity contribution in [1.82, 2.24) is 9.97 Å². The highest BCUT2D eigenvalue weighted by Gasteiger charge is 2.29. The summed E-state index contributed by atoms with van der Waals surface area (Å²) >= 11 is 0. The molecule has 0 amide bonds.